The molecular formula is C31H35F4N3O2S. The van der Waals surface area contributed by atoms with Crippen LogP contribution in [0.2, 0.25) is 0 Å². The minimum Gasteiger partial charge on any atom is -0.298 e. The van der Waals surface area contributed by atoms with Gasteiger partial charge in [0.25, 0.3) is 10.0 Å². The summed E-state index contributed by atoms with van der Waals surface area (Å²) in [5.41, 5.74) is 2.53. The number of benzene rings is 2. The van der Waals surface area contributed by atoms with E-state index in [4.69, 9.17) is 0 Å². The number of aromatic nitrogens is 1. The molecule has 0 unspecified atom stereocenters. The molecule has 0 saturated heterocycles. The number of halogens is 4. The van der Waals surface area contributed by atoms with E-state index >= 15 is 0 Å². The van der Waals surface area contributed by atoms with Gasteiger partial charge >= 0.3 is 6.18 Å². The first-order chi connectivity index (χ1) is 19.6. The molecule has 5 rings (SSSR count). The van der Waals surface area contributed by atoms with Crippen molar-refractivity contribution in [3.05, 3.63) is 88.5 Å². The Morgan fingerprint density at radius 2 is 1.78 bits per heavy atom. The van der Waals surface area contributed by atoms with Gasteiger partial charge in [-0.05, 0) is 78.3 Å². The molecule has 41 heavy (non-hydrogen) atoms. The SMILES string of the molecule is O=S(=O)(Nc1ccc(CCCC2CCCC2)cc1F)c1ccc2c(c1)CCN(CCc1ccc(C(F)(F)F)cn1)C2. The predicted molar refractivity (Wildman–Crippen MR) is 150 cm³/mol. The first kappa shape index (κ1) is 29.5. The topological polar surface area (TPSA) is 62.3 Å². The highest BCUT2D eigenvalue weighted by Crippen LogP contribution is 2.30. The van der Waals surface area contributed by atoms with Crippen LogP contribution in [0.15, 0.2) is 59.6 Å². The van der Waals surface area contributed by atoms with Crippen molar-refractivity contribution in [1.29, 1.82) is 0 Å². The monoisotopic (exact) mass is 589 g/mol. The average molecular weight is 590 g/mol. The molecular weight excluding hydrogens is 554 g/mol. The van der Waals surface area contributed by atoms with Crippen LogP contribution < -0.4 is 4.72 Å². The molecule has 0 amide bonds. The number of hydrogen-bond acceptors (Lipinski definition) is 4. The van der Waals surface area contributed by atoms with Crippen LogP contribution in [-0.4, -0.2) is 31.4 Å². The molecule has 2 aromatic carbocycles. The fourth-order valence-electron chi connectivity index (χ4n) is 5.85. The molecule has 1 fully saturated rings. The Kier molecular flexibility index (Phi) is 8.99. The third-order valence-electron chi connectivity index (χ3n) is 8.25. The highest BCUT2D eigenvalue weighted by Gasteiger charge is 2.30. The van der Waals surface area contributed by atoms with Crippen molar-refractivity contribution in [3.8, 4) is 0 Å². The zero-order valence-corrected chi connectivity index (χ0v) is 23.7. The number of fused-ring (bicyclic) bond motifs is 1. The van der Waals surface area contributed by atoms with E-state index in [-0.39, 0.29) is 10.6 Å². The van der Waals surface area contributed by atoms with Gasteiger partial charge in [0.05, 0.1) is 16.1 Å². The number of anilines is 1. The molecule has 1 aromatic heterocycles. The fraction of sp³-hybridized carbons (Fsp3) is 0.452. The normalized spacial score (nSPS) is 16.6. The summed E-state index contributed by atoms with van der Waals surface area (Å²) in [5, 5.41) is 0. The van der Waals surface area contributed by atoms with Crippen molar-refractivity contribution in [2.24, 2.45) is 5.92 Å². The van der Waals surface area contributed by atoms with Crippen LogP contribution in [0.4, 0.5) is 23.2 Å². The Hall–Kier alpha value is -2.98. The molecule has 0 spiro atoms. The molecule has 220 valence electrons. The van der Waals surface area contributed by atoms with E-state index in [2.05, 4.69) is 14.6 Å². The highest BCUT2D eigenvalue weighted by atomic mass is 32.2. The molecule has 0 radical (unpaired) electrons. The molecule has 10 heteroatoms. The third-order valence-corrected chi connectivity index (χ3v) is 9.61. The summed E-state index contributed by atoms with van der Waals surface area (Å²) in [6.45, 7) is 1.90. The van der Waals surface area contributed by atoms with Gasteiger partial charge in [0.2, 0.25) is 0 Å². The lowest BCUT2D eigenvalue weighted by Crippen LogP contribution is -2.32. The number of hydrogen-bond donors (Lipinski definition) is 1. The van der Waals surface area contributed by atoms with E-state index in [1.54, 1.807) is 18.2 Å². The Morgan fingerprint density at radius 3 is 2.49 bits per heavy atom. The number of alkyl halides is 3. The van der Waals surface area contributed by atoms with Crippen molar-refractivity contribution in [3.63, 3.8) is 0 Å². The summed E-state index contributed by atoms with van der Waals surface area (Å²) in [6.07, 6.45) is 5.73. The van der Waals surface area contributed by atoms with Crippen LogP contribution in [0.3, 0.4) is 0 Å². The summed E-state index contributed by atoms with van der Waals surface area (Å²) in [5.74, 6) is 0.207. The largest absolute Gasteiger partial charge is 0.417 e. The summed E-state index contributed by atoms with van der Waals surface area (Å²) in [6, 6.07) is 12.1. The van der Waals surface area contributed by atoms with Gasteiger partial charge in [-0.25, -0.2) is 12.8 Å². The number of nitrogens with one attached hydrogen (secondary N) is 1. The van der Waals surface area contributed by atoms with Crippen LogP contribution in [0.25, 0.3) is 0 Å². The maximum absolute atomic E-state index is 14.8. The third kappa shape index (κ3) is 7.65. The zero-order chi connectivity index (χ0) is 29.0. The summed E-state index contributed by atoms with van der Waals surface area (Å²) >= 11 is 0. The van der Waals surface area contributed by atoms with Gasteiger partial charge in [-0.3, -0.25) is 14.6 Å². The minimum absolute atomic E-state index is 0.0645. The van der Waals surface area contributed by atoms with Gasteiger partial charge in [0.1, 0.15) is 5.82 Å². The Labute approximate surface area is 239 Å². The predicted octanol–water partition coefficient (Wildman–Crippen LogP) is 7.15. The second-order valence-electron chi connectivity index (χ2n) is 11.2. The van der Waals surface area contributed by atoms with E-state index in [1.807, 2.05) is 0 Å². The lowest BCUT2D eigenvalue weighted by Gasteiger charge is -2.29. The lowest BCUT2D eigenvalue weighted by molar-refractivity contribution is -0.137. The Morgan fingerprint density at radius 1 is 0.976 bits per heavy atom. The van der Waals surface area contributed by atoms with Crippen LogP contribution in [0.1, 0.15) is 66.5 Å². The van der Waals surface area contributed by atoms with Gasteiger partial charge in [0, 0.05) is 37.9 Å². The molecule has 0 bridgehead atoms. The molecule has 1 aliphatic carbocycles. The van der Waals surface area contributed by atoms with Gasteiger partial charge < -0.3 is 0 Å². The van der Waals surface area contributed by atoms with Crippen molar-refractivity contribution < 1.29 is 26.0 Å². The smallest absolute Gasteiger partial charge is 0.298 e. The molecule has 5 nitrogen and oxygen atoms in total. The van der Waals surface area contributed by atoms with Gasteiger partial charge in [-0.1, -0.05) is 44.2 Å². The van der Waals surface area contributed by atoms with Crippen molar-refractivity contribution in [2.45, 2.75) is 75.4 Å². The fourth-order valence-corrected chi connectivity index (χ4v) is 6.97. The summed E-state index contributed by atoms with van der Waals surface area (Å²) < 4.78 is 81.7. The maximum atomic E-state index is 14.8. The van der Waals surface area contributed by atoms with Crippen LogP contribution in [0, 0.1) is 11.7 Å². The first-order valence-electron chi connectivity index (χ1n) is 14.2. The second kappa shape index (κ2) is 12.5. The lowest BCUT2D eigenvalue weighted by atomic mass is 9.98. The van der Waals surface area contributed by atoms with E-state index in [1.165, 1.54) is 49.9 Å². The molecule has 1 N–H and O–H groups in total. The van der Waals surface area contributed by atoms with E-state index in [0.717, 1.165) is 54.1 Å². The molecule has 2 aliphatic rings. The summed E-state index contributed by atoms with van der Waals surface area (Å²) in [7, 11) is -3.98. The van der Waals surface area contributed by atoms with Gasteiger partial charge in [-0.2, -0.15) is 13.2 Å². The minimum atomic E-state index is -4.41. The maximum Gasteiger partial charge on any atom is 0.417 e. The molecule has 3 aromatic rings. The Balaban J connectivity index is 1.15. The zero-order valence-electron chi connectivity index (χ0n) is 22.9. The molecule has 0 atom stereocenters. The van der Waals surface area contributed by atoms with Crippen molar-refractivity contribution in [2.75, 3.05) is 17.8 Å². The molecule has 1 aliphatic heterocycles. The van der Waals surface area contributed by atoms with E-state index in [0.29, 0.717) is 38.2 Å². The van der Waals surface area contributed by atoms with Crippen LogP contribution in [-0.2, 0) is 42.0 Å². The quantitative estimate of drug-likeness (QED) is 0.255. The number of pyridine rings is 1. The number of rotatable bonds is 10. The number of nitrogens with zero attached hydrogens (tertiary/aromatic N) is 2. The Bertz CT molecular complexity index is 1450. The summed E-state index contributed by atoms with van der Waals surface area (Å²) in [4.78, 5) is 6.19. The van der Waals surface area contributed by atoms with Gasteiger partial charge in [0.15, 0.2) is 0 Å². The number of aryl methyl sites for hydroxylation is 1. The standard InChI is InChI=1S/C31H35F4N3O2S/c32-29-18-23(7-3-6-22-4-1-2-5-22)8-13-30(29)37-41(39,40)28-12-9-25-21-38(16-14-24(25)19-28)17-15-27-11-10-26(20-36-27)31(33,34)35/h8-13,18-20,22,37H,1-7,14-17,21H2. The van der Waals surface area contributed by atoms with Crippen LogP contribution >= 0.6 is 0 Å². The van der Waals surface area contributed by atoms with Crippen LogP contribution in [0.5, 0.6) is 0 Å². The van der Waals surface area contributed by atoms with E-state index in [9.17, 15) is 26.0 Å². The van der Waals surface area contributed by atoms with Crippen molar-refractivity contribution in [1.82, 2.24) is 9.88 Å². The first-order valence-corrected chi connectivity index (χ1v) is 15.7. The molecule has 1 saturated carbocycles. The molecule has 2 heterocycles. The van der Waals surface area contributed by atoms with Crippen molar-refractivity contribution >= 4 is 15.7 Å². The number of sulfonamides is 1. The second-order valence-corrected chi connectivity index (χ2v) is 12.9. The van der Waals surface area contributed by atoms with E-state index < -0.39 is 27.6 Å². The highest BCUT2D eigenvalue weighted by molar-refractivity contribution is 7.92. The average Bonchev–Trinajstić information content (AvgIpc) is 3.46. The van der Waals surface area contributed by atoms with Gasteiger partial charge in [-0.15, -0.1) is 0 Å².